The van der Waals surface area contributed by atoms with Crippen LogP contribution in [-0.2, 0) is 13.7 Å². The lowest BCUT2D eigenvalue weighted by atomic mass is 10.2. The second-order valence-corrected chi connectivity index (χ2v) is 6.57. The monoisotopic (exact) mass is 385 g/mol. The molecule has 0 saturated carbocycles. The Bertz CT molecular complexity index is 1220. The van der Waals surface area contributed by atoms with E-state index in [1.807, 2.05) is 36.4 Å². The number of carbonyl (C=O) groups is 1. The molecule has 4 rings (SSSR count). The maximum atomic E-state index is 12.6. The first-order valence-corrected chi connectivity index (χ1v) is 9.16. The van der Waals surface area contributed by atoms with Gasteiger partial charge in [0.2, 0.25) is 5.43 Å². The van der Waals surface area contributed by atoms with Crippen molar-refractivity contribution in [2.75, 3.05) is 5.32 Å². The van der Waals surface area contributed by atoms with E-state index in [1.54, 1.807) is 49.5 Å². The van der Waals surface area contributed by atoms with Crippen LogP contribution in [0.5, 0.6) is 5.75 Å². The number of nitrogens with one attached hydrogen (secondary N) is 1. The minimum absolute atomic E-state index is 0.143. The Hall–Kier alpha value is -3.93. The molecule has 0 atom stereocenters. The van der Waals surface area contributed by atoms with E-state index < -0.39 is 5.91 Å². The molecule has 6 heteroatoms. The first kappa shape index (κ1) is 18.4. The number of fused-ring (bicyclic) bond motifs is 1. The summed E-state index contributed by atoms with van der Waals surface area (Å²) in [7, 11) is 1.71. The van der Waals surface area contributed by atoms with Crippen LogP contribution in [0.25, 0.3) is 10.9 Å². The van der Waals surface area contributed by atoms with Gasteiger partial charge in [0.25, 0.3) is 5.91 Å². The van der Waals surface area contributed by atoms with E-state index in [0.29, 0.717) is 28.9 Å². The van der Waals surface area contributed by atoms with E-state index in [2.05, 4.69) is 10.4 Å². The number of nitrogens with zero attached hydrogens (tertiary/aromatic N) is 2. The highest BCUT2D eigenvalue weighted by Gasteiger charge is 2.16. The summed E-state index contributed by atoms with van der Waals surface area (Å²) in [5.41, 5.74) is 1.77. The molecule has 0 saturated heterocycles. The Morgan fingerprint density at radius 2 is 1.66 bits per heavy atom. The smallest absolute Gasteiger partial charge is 0.280 e. The van der Waals surface area contributed by atoms with Crippen molar-refractivity contribution in [1.82, 2.24) is 9.78 Å². The van der Waals surface area contributed by atoms with Crippen molar-refractivity contribution in [3.8, 4) is 5.75 Å². The molecule has 1 heterocycles. The number of benzene rings is 3. The molecule has 0 fully saturated rings. The topological polar surface area (TPSA) is 73.2 Å². The standard InChI is InChI=1S/C23H19N3O3/c1-26-20-10-6-5-9-19(20)22(27)21(25-26)23(28)24-17-11-13-18(14-12-17)29-15-16-7-3-2-4-8-16/h2-14H,15H2,1H3,(H,24,28). The van der Waals surface area contributed by atoms with Gasteiger partial charge in [-0.15, -0.1) is 0 Å². The van der Waals surface area contributed by atoms with E-state index in [0.717, 1.165) is 5.56 Å². The van der Waals surface area contributed by atoms with Gasteiger partial charge in [-0.3, -0.25) is 14.3 Å². The van der Waals surface area contributed by atoms with Gasteiger partial charge in [-0.05, 0) is 42.0 Å². The van der Waals surface area contributed by atoms with Crippen LogP contribution >= 0.6 is 0 Å². The first-order chi connectivity index (χ1) is 14.1. The van der Waals surface area contributed by atoms with Crippen molar-refractivity contribution in [3.05, 3.63) is 100 Å². The predicted octanol–water partition coefficient (Wildman–Crippen LogP) is 3.76. The normalized spacial score (nSPS) is 10.7. The summed E-state index contributed by atoms with van der Waals surface area (Å²) >= 11 is 0. The zero-order chi connectivity index (χ0) is 20.2. The molecule has 0 unspecified atom stereocenters. The minimum Gasteiger partial charge on any atom is -0.489 e. The van der Waals surface area contributed by atoms with Gasteiger partial charge in [-0.2, -0.15) is 5.10 Å². The van der Waals surface area contributed by atoms with Crippen LogP contribution in [0.4, 0.5) is 5.69 Å². The quantitative estimate of drug-likeness (QED) is 0.568. The van der Waals surface area contributed by atoms with E-state index in [4.69, 9.17) is 4.74 Å². The number of aromatic nitrogens is 2. The molecule has 0 spiro atoms. The van der Waals surface area contributed by atoms with Gasteiger partial charge in [0.1, 0.15) is 12.4 Å². The first-order valence-electron chi connectivity index (χ1n) is 9.16. The second-order valence-electron chi connectivity index (χ2n) is 6.57. The summed E-state index contributed by atoms with van der Waals surface area (Å²) in [6.07, 6.45) is 0. The van der Waals surface area contributed by atoms with Crippen molar-refractivity contribution in [1.29, 1.82) is 0 Å². The molecular formula is C23H19N3O3. The lowest BCUT2D eigenvalue weighted by Crippen LogP contribution is -2.26. The van der Waals surface area contributed by atoms with E-state index in [-0.39, 0.29) is 11.1 Å². The third-order valence-electron chi connectivity index (χ3n) is 4.54. The lowest BCUT2D eigenvalue weighted by Gasteiger charge is -2.10. The molecule has 29 heavy (non-hydrogen) atoms. The average Bonchev–Trinajstić information content (AvgIpc) is 2.76. The molecule has 144 valence electrons. The van der Waals surface area contributed by atoms with Gasteiger partial charge in [0.15, 0.2) is 5.69 Å². The highest BCUT2D eigenvalue weighted by molar-refractivity contribution is 6.04. The number of anilines is 1. The summed E-state index contributed by atoms with van der Waals surface area (Å²) < 4.78 is 7.28. The van der Waals surface area contributed by atoms with Gasteiger partial charge in [0.05, 0.1) is 5.52 Å². The van der Waals surface area contributed by atoms with Crippen molar-refractivity contribution in [2.45, 2.75) is 6.61 Å². The Morgan fingerprint density at radius 1 is 0.966 bits per heavy atom. The van der Waals surface area contributed by atoms with Crippen molar-refractivity contribution < 1.29 is 9.53 Å². The predicted molar refractivity (Wildman–Crippen MR) is 112 cm³/mol. The van der Waals surface area contributed by atoms with Crippen molar-refractivity contribution >= 4 is 22.5 Å². The summed E-state index contributed by atoms with van der Waals surface area (Å²) in [6, 6.07) is 23.9. The number of ether oxygens (including phenoxy) is 1. The SMILES string of the molecule is Cn1nc(C(=O)Nc2ccc(OCc3ccccc3)cc2)c(=O)c2ccccc21. The Morgan fingerprint density at radius 3 is 2.41 bits per heavy atom. The second kappa shape index (κ2) is 7.98. The molecule has 0 bridgehead atoms. The van der Waals surface area contributed by atoms with Crippen LogP contribution in [0.2, 0.25) is 0 Å². The van der Waals surface area contributed by atoms with Crippen LogP contribution in [0.1, 0.15) is 16.1 Å². The number of hydrogen-bond donors (Lipinski definition) is 1. The Kier molecular flexibility index (Phi) is 5.07. The fourth-order valence-electron chi connectivity index (χ4n) is 3.04. The third-order valence-corrected chi connectivity index (χ3v) is 4.54. The minimum atomic E-state index is -0.547. The molecule has 1 amide bonds. The molecule has 1 aromatic heterocycles. The van der Waals surface area contributed by atoms with Gasteiger partial charge in [-0.25, -0.2) is 0 Å². The fourth-order valence-corrected chi connectivity index (χ4v) is 3.04. The van der Waals surface area contributed by atoms with E-state index in [1.165, 1.54) is 4.68 Å². The number of rotatable bonds is 5. The van der Waals surface area contributed by atoms with E-state index >= 15 is 0 Å². The number of amides is 1. The summed E-state index contributed by atoms with van der Waals surface area (Å²) in [5, 5.41) is 7.32. The maximum Gasteiger partial charge on any atom is 0.280 e. The van der Waals surface area contributed by atoms with Crippen LogP contribution in [-0.4, -0.2) is 15.7 Å². The van der Waals surface area contributed by atoms with Crippen LogP contribution in [0.15, 0.2) is 83.7 Å². The molecule has 6 nitrogen and oxygen atoms in total. The molecule has 0 aliphatic heterocycles. The van der Waals surface area contributed by atoms with Crippen LogP contribution < -0.4 is 15.5 Å². The molecule has 4 aromatic rings. The molecular weight excluding hydrogens is 366 g/mol. The van der Waals surface area contributed by atoms with Gasteiger partial charge in [-0.1, -0.05) is 42.5 Å². The summed E-state index contributed by atoms with van der Waals surface area (Å²) in [5.74, 6) is 0.140. The fraction of sp³-hybridized carbons (Fsp3) is 0.0870. The number of carbonyl (C=O) groups excluding carboxylic acids is 1. The highest BCUT2D eigenvalue weighted by atomic mass is 16.5. The zero-order valence-corrected chi connectivity index (χ0v) is 15.8. The Labute approximate surface area is 167 Å². The lowest BCUT2D eigenvalue weighted by molar-refractivity contribution is 0.101. The largest absolute Gasteiger partial charge is 0.489 e. The van der Waals surface area contributed by atoms with Gasteiger partial charge < -0.3 is 10.1 Å². The zero-order valence-electron chi connectivity index (χ0n) is 15.8. The number of aryl methyl sites for hydroxylation is 1. The Balaban J connectivity index is 1.48. The van der Waals surface area contributed by atoms with Crippen LogP contribution in [0.3, 0.4) is 0 Å². The van der Waals surface area contributed by atoms with Crippen molar-refractivity contribution in [2.24, 2.45) is 7.05 Å². The van der Waals surface area contributed by atoms with Gasteiger partial charge >= 0.3 is 0 Å². The van der Waals surface area contributed by atoms with E-state index in [9.17, 15) is 9.59 Å². The molecule has 3 aromatic carbocycles. The van der Waals surface area contributed by atoms with Crippen molar-refractivity contribution in [3.63, 3.8) is 0 Å². The van der Waals surface area contributed by atoms with Gasteiger partial charge in [0, 0.05) is 18.1 Å². The van der Waals surface area contributed by atoms with Crippen LogP contribution in [0, 0.1) is 0 Å². The molecule has 0 radical (unpaired) electrons. The maximum absolute atomic E-state index is 12.6. The summed E-state index contributed by atoms with van der Waals surface area (Å²) in [4.78, 5) is 25.2. The molecule has 1 N–H and O–H groups in total. The molecule has 0 aliphatic carbocycles. The number of para-hydroxylation sites is 1. The highest BCUT2D eigenvalue weighted by Crippen LogP contribution is 2.18. The third kappa shape index (κ3) is 4.01. The molecule has 0 aliphatic rings. The summed E-state index contributed by atoms with van der Waals surface area (Å²) in [6.45, 7) is 0.462. The number of hydrogen-bond acceptors (Lipinski definition) is 4. The average molecular weight is 385 g/mol.